The Morgan fingerprint density at radius 1 is 0.365 bits per heavy atom. The first-order chi connectivity index (χ1) is 25.5. The van der Waals surface area contributed by atoms with Crippen molar-refractivity contribution in [2.45, 2.75) is 246 Å². The predicted octanol–water partition coefficient (Wildman–Crippen LogP) is 13.6. The first kappa shape index (κ1) is 53.0. The summed E-state index contributed by atoms with van der Waals surface area (Å²) in [5, 5.41) is 15.2. The molecule has 0 aliphatic carbocycles. The molecule has 6 nitrogen and oxygen atoms in total. The van der Waals surface area contributed by atoms with E-state index >= 15 is 0 Å². The third kappa shape index (κ3) is 43.3. The maximum atomic E-state index is 12.8. The molecule has 0 rings (SSSR count). The van der Waals surface area contributed by atoms with Gasteiger partial charge in [-0.05, 0) is 37.5 Å². The van der Waals surface area contributed by atoms with Gasteiger partial charge in [0.15, 0.2) is 0 Å². The minimum absolute atomic E-state index is 0.114. The van der Waals surface area contributed by atoms with Crippen molar-refractivity contribution in [3.63, 3.8) is 0 Å². The molecule has 2 atom stereocenters. The highest BCUT2D eigenvalue weighted by Crippen LogP contribution is 2.24. The quantitative estimate of drug-likeness (QED) is 0.0480. The van der Waals surface area contributed by atoms with E-state index in [1.54, 1.807) is 0 Å². The number of unbranched alkanes of at least 4 members (excludes halogenated alkanes) is 24. The third-order valence-corrected chi connectivity index (χ3v) is 10.5. The average Bonchev–Trinajstić information content (AvgIpc) is 3.14. The predicted molar refractivity (Wildman–Crippen MR) is 223 cm³/mol. The summed E-state index contributed by atoms with van der Waals surface area (Å²) in [6.07, 6.45) is 42.2. The molecule has 0 amide bonds. The molecule has 0 aliphatic heterocycles. The maximum absolute atomic E-state index is 12.8. The number of aliphatic hydroxyl groups excluding tert-OH is 2. The molecule has 2 unspecified atom stereocenters. The van der Waals surface area contributed by atoms with Gasteiger partial charge in [0, 0.05) is 12.8 Å². The molecule has 52 heavy (non-hydrogen) atoms. The second-order valence-corrected chi connectivity index (χ2v) is 15.7. The Labute approximate surface area is 324 Å². The summed E-state index contributed by atoms with van der Waals surface area (Å²) in [6.45, 7) is 9.19. The van der Waals surface area contributed by atoms with E-state index < -0.39 is 0 Å². The van der Waals surface area contributed by atoms with Crippen LogP contribution >= 0.6 is 0 Å². The van der Waals surface area contributed by atoms with Crippen LogP contribution in [-0.2, 0) is 19.1 Å². The van der Waals surface area contributed by atoms with Gasteiger partial charge in [0.2, 0.25) is 0 Å². The summed E-state index contributed by atoms with van der Waals surface area (Å²) in [4.78, 5) is 25.6. The monoisotopic (exact) mass is 741 g/mol. The molecule has 0 aromatic carbocycles. The van der Waals surface area contributed by atoms with E-state index in [1.165, 1.54) is 180 Å². The highest BCUT2D eigenvalue weighted by molar-refractivity contribution is 5.70. The van der Waals surface area contributed by atoms with Gasteiger partial charge < -0.3 is 19.7 Å². The number of hydrogen-bond donors (Lipinski definition) is 2. The number of ether oxygens (including phenoxy) is 2. The molecule has 0 radical (unpaired) electrons. The van der Waals surface area contributed by atoms with E-state index in [0.29, 0.717) is 24.7 Å². The fourth-order valence-electron chi connectivity index (χ4n) is 7.16. The van der Waals surface area contributed by atoms with Crippen LogP contribution < -0.4 is 0 Å². The largest absolute Gasteiger partial charge is 0.462 e. The Hall–Kier alpha value is -1.14. The van der Waals surface area contributed by atoms with Crippen LogP contribution in [0.1, 0.15) is 246 Å². The highest BCUT2D eigenvalue weighted by atomic mass is 16.6. The van der Waals surface area contributed by atoms with Gasteiger partial charge in [0.25, 0.3) is 0 Å². The number of hydrogen-bond acceptors (Lipinski definition) is 6. The summed E-state index contributed by atoms with van der Waals surface area (Å²) < 4.78 is 11.2. The molecule has 0 spiro atoms. The third-order valence-electron chi connectivity index (χ3n) is 10.5. The van der Waals surface area contributed by atoms with Crippen molar-refractivity contribution in [2.24, 2.45) is 11.8 Å². The molecule has 0 fully saturated rings. The molecular formula is C46H92O6. The number of carbonyl (C=O) groups is 2. The molecule has 312 valence electrons. The van der Waals surface area contributed by atoms with Crippen LogP contribution in [0.4, 0.5) is 0 Å². The number of esters is 2. The summed E-state index contributed by atoms with van der Waals surface area (Å²) in [5.74, 6) is 0.616. The Morgan fingerprint density at radius 2 is 0.577 bits per heavy atom. The van der Waals surface area contributed by atoms with Crippen LogP contribution in [0.5, 0.6) is 0 Å². The van der Waals surface area contributed by atoms with Crippen LogP contribution in [0.15, 0.2) is 0 Å². The fourth-order valence-corrected chi connectivity index (χ4v) is 7.16. The second kappa shape index (κ2) is 46.0. The average molecular weight is 741 g/mol. The zero-order valence-corrected chi connectivity index (χ0v) is 35.6. The minimum atomic E-state index is -0.125. The van der Waals surface area contributed by atoms with Crippen molar-refractivity contribution in [1.82, 2.24) is 0 Å². The summed E-state index contributed by atoms with van der Waals surface area (Å²) in [6, 6.07) is 0. The van der Waals surface area contributed by atoms with Gasteiger partial charge in [-0.2, -0.15) is 0 Å². The number of rotatable bonds is 40. The zero-order chi connectivity index (χ0) is 38.6. The van der Waals surface area contributed by atoms with E-state index in [9.17, 15) is 9.59 Å². The van der Waals surface area contributed by atoms with Crippen LogP contribution in [-0.4, -0.2) is 48.6 Å². The topological polar surface area (TPSA) is 93.1 Å². The molecule has 0 heterocycles. The van der Waals surface area contributed by atoms with Crippen molar-refractivity contribution in [3.05, 3.63) is 0 Å². The molecule has 0 aliphatic rings. The van der Waals surface area contributed by atoms with Crippen molar-refractivity contribution < 1.29 is 29.3 Å². The van der Waals surface area contributed by atoms with E-state index in [1.807, 2.05) is 0 Å². The van der Waals surface area contributed by atoms with Gasteiger partial charge in [0.05, 0.1) is 13.2 Å². The first-order valence-corrected chi connectivity index (χ1v) is 23.0. The Morgan fingerprint density at radius 3 is 0.788 bits per heavy atom. The Balaban J connectivity index is 0. The van der Waals surface area contributed by atoms with Crippen LogP contribution in [0, 0.1) is 11.8 Å². The molecule has 2 N–H and O–H groups in total. The normalized spacial score (nSPS) is 12.3. The lowest BCUT2D eigenvalue weighted by atomic mass is 9.91. The standard InChI is InChI=1S/C44H86O4.C2H6O2/c1-5-9-13-17-21-23-27-31-35-41(33-29-25-19-15-11-7-3)39-43(45)47-37-38-48-44(46)40-42(34-30-26-20-16-12-8-4)36-32-28-24-22-18-14-10-6-2;3-1-2-4/h41-42H,5-40H2,1-4H3;3-4H,1-2H2. The first-order valence-electron chi connectivity index (χ1n) is 23.0. The van der Waals surface area contributed by atoms with Gasteiger partial charge >= 0.3 is 11.9 Å². The SMILES string of the molecule is CCCCCCCCCCC(CCCCCCCC)CC(=O)OCCOC(=O)CC(CCCCCCCC)CCCCCCCCCC.OCCO. The molecule has 0 saturated carbocycles. The Kier molecular flexibility index (Phi) is 46.9. The Bertz CT molecular complexity index is 640. The van der Waals surface area contributed by atoms with E-state index in [-0.39, 0.29) is 38.4 Å². The van der Waals surface area contributed by atoms with Gasteiger partial charge in [-0.3, -0.25) is 9.59 Å². The van der Waals surface area contributed by atoms with Crippen molar-refractivity contribution >= 4 is 11.9 Å². The fraction of sp³-hybridized carbons (Fsp3) is 0.957. The summed E-state index contributed by atoms with van der Waals surface area (Å²) >= 11 is 0. The number of carbonyl (C=O) groups excluding carboxylic acids is 2. The van der Waals surface area contributed by atoms with Gasteiger partial charge in [0.1, 0.15) is 13.2 Å². The summed E-state index contributed by atoms with van der Waals surface area (Å²) in [5.41, 5.74) is 0. The van der Waals surface area contributed by atoms with Gasteiger partial charge in [-0.15, -0.1) is 0 Å². The smallest absolute Gasteiger partial charge is 0.306 e. The zero-order valence-electron chi connectivity index (χ0n) is 35.6. The summed E-state index contributed by atoms with van der Waals surface area (Å²) in [7, 11) is 0. The lowest BCUT2D eigenvalue weighted by Gasteiger charge is -2.17. The van der Waals surface area contributed by atoms with Crippen LogP contribution in [0.3, 0.4) is 0 Å². The minimum Gasteiger partial charge on any atom is -0.462 e. The van der Waals surface area contributed by atoms with Crippen molar-refractivity contribution in [1.29, 1.82) is 0 Å². The molecular weight excluding hydrogens is 649 g/mol. The maximum Gasteiger partial charge on any atom is 0.306 e. The van der Waals surface area contributed by atoms with Gasteiger partial charge in [-0.25, -0.2) is 0 Å². The van der Waals surface area contributed by atoms with Crippen molar-refractivity contribution in [3.8, 4) is 0 Å². The van der Waals surface area contributed by atoms with E-state index in [0.717, 1.165) is 25.7 Å². The van der Waals surface area contributed by atoms with E-state index in [2.05, 4.69) is 27.7 Å². The molecule has 6 heteroatoms. The van der Waals surface area contributed by atoms with Gasteiger partial charge in [-0.1, -0.05) is 207 Å². The molecule has 0 bridgehead atoms. The number of aliphatic hydroxyl groups is 2. The second-order valence-electron chi connectivity index (χ2n) is 15.7. The molecule has 0 aromatic rings. The van der Waals surface area contributed by atoms with Crippen LogP contribution in [0.2, 0.25) is 0 Å². The van der Waals surface area contributed by atoms with E-state index in [4.69, 9.17) is 19.7 Å². The molecule has 0 aromatic heterocycles. The highest BCUT2D eigenvalue weighted by Gasteiger charge is 2.17. The lowest BCUT2D eigenvalue weighted by molar-refractivity contribution is -0.153. The molecule has 0 saturated heterocycles. The lowest BCUT2D eigenvalue weighted by Crippen LogP contribution is -2.18. The van der Waals surface area contributed by atoms with Crippen LogP contribution in [0.25, 0.3) is 0 Å². The van der Waals surface area contributed by atoms with Crippen molar-refractivity contribution in [2.75, 3.05) is 26.4 Å².